The van der Waals surface area contributed by atoms with Crippen molar-refractivity contribution in [3.63, 3.8) is 0 Å². The lowest BCUT2D eigenvalue weighted by Crippen LogP contribution is -2.39. The summed E-state index contributed by atoms with van der Waals surface area (Å²) in [4.78, 5) is 11.8. The van der Waals surface area contributed by atoms with E-state index in [0.717, 1.165) is 17.6 Å². The van der Waals surface area contributed by atoms with Gasteiger partial charge in [0, 0.05) is 55.3 Å². The molecule has 126 valence electrons. The van der Waals surface area contributed by atoms with E-state index in [4.69, 9.17) is 9.73 Å². The van der Waals surface area contributed by atoms with Gasteiger partial charge in [-0.2, -0.15) is 11.8 Å². The molecule has 3 aliphatic heterocycles. The third kappa shape index (κ3) is 2.75. The lowest BCUT2D eigenvalue weighted by molar-refractivity contribution is 0.160. The van der Waals surface area contributed by atoms with Gasteiger partial charge in [0.2, 0.25) is 0 Å². The van der Waals surface area contributed by atoms with E-state index in [1.54, 1.807) is 7.11 Å². The summed E-state index contributed by atoms with van der Waals surface area (Å²) >= 11 is 2.05. The van der Waals surface area contributed by atoms with Crippen LogP contribution >= 0.6 is 11.8 Å². The molecule has 1 aromatic carbocycles. The van der Waals surface area contributed by atoms with Gasteiger partial charge in [-0.3, -0.25) is 9.89 Å². The van der Waals surface area contributed by atoms with Gasteiger partial charge in [0.25, 0.3) is 0 Å². The quantitative estimate of drug-likeness (QED) is 0.835. The zero-order valence-electron chi connectivity index (χ0n) is 14.3. The molecule has 0 N–H and O–H groups in total. The molecule has 3 heterocycles. The van der Waals surface area contributed by atoms with Crippen LogP contribution in [0.5, 0.6) is 0 Å². The van der Waals surface area contributed by atoms with Crippen LogP contribution in [0.25, 0.3) is 5.57 Å². The summed E-state index contributed by atoms with van der Waals surface area (Å²) in [6.07, 6.45) is 3.89. The molecule has 0 radical (unpaired) electrons. The first-order valence-electron chi connectivity index (χ1n) is 8.47. The topological polar surface area (TPSA) is 37.2 Å². The fraction of sp³-hybridized carbons (Fsp3) is 0.474. The highest BCUT2D eigenvalue weighted by atomic mass is 32.2. The number of aliphatic imine (C=N–C) groups is 1. The number of hydrogen-bond acceptors (Lipinski definition) is 5. The molecule has 0 amide bonds. The maximum atomic E-state index is 5.50. The Morgan fingerprint density at radius 2 is 2.12 bits per heavy atom. The summed E-state index contributed by atoms with van der Waals surface area (Å²) < 4.78 is 5.50. The third-order valence-corrected chi connectivity index (χ3v) is 5.89. The molecule has 1 atom stereocenters. The highest BCUT2D eigenvalue weighted by Crippen LogP contribution is 2.36. The van der Waals surface area contributed by atoms with Gasteiger partial charge in [-0.25, -0.2) is 4.99 Å². The van der Waals surface area contributed by atoms with Gasteiger partial charge in [0.15, 0.2) is 0 Å². The minimum absolute atomic E-state index is 0.221. The van der Waals surface area contributed by atoms with Crippen molar-refractivity contribution >= 4 is 23.5 Å². The van der Waals surface area contributed by atoms with E-state index in [2.05, 4.69) is 46.8 Å². The first-order chi connectivity index (χ1) is 11.7. The number of hydrogen-bond donors (Lipinski definition) is 0. The number of fused-ring (bicyclic) bond motifs is 2. The van der Waals surface area contributed by atoms with Gasteiger partial charge in [0.1, 0.15) is 0 Å². The molecule has 0 aromatic heterocycles. The second kappa shape index (κ2) is 6.47. The molecule has 4 rings (SSSR count). The molecule has 3 aliphatic rings. The van der Waals surface area contributed by atoms with Gasteiger partial charge >= 0.3 is 0 Å². The van der Waals surface area contributed by atoms with Crippen LogP contribution in [0.1, 0.15) is 12.5 Å². The molecular weight excluding hydrogens is 318 g/mol. The lowest BCUT2D eigenvalue weighted by Gasteiger charge is -2.30. The summed E-state index contributed by atoms with van der Waals surface area (Å²) in [6, 6.07) is 6.50. The summed E-state index contributed by atoms with van der Waals surface area (Å²) in [7, 11) is 1.75. The average Bonchev–Trinajstić information content (AvgIpc) is 2.97. The smallest absolute Gasteiger partial charge is 0.0868 e. The Hall–Kier alpha value is -1.43. The van der Waals surface area contributed by atoms with E-state index in [-0.39, 0.29) is 5.41 Å². The number of thioether (sulfide) groups is 1. The lowest BCUT2D eigenvalue weighted by atomic mass is 9.80. The third-order valence-electron chi connectivity index (χ3n) is 4.95. The molecule has 1 fully saturated rings. The Labute approximate surface area is 147 Å². The van der Waals surface area contributed by atoms with Gasteiger partial charge in [0.05, 0.1) is 29.3 Å². The number of rotatable bonds is 4. The van der Waals surface area contributed by atoms with Crippen LogP contribution < -0.4 is 10.6 Å². The Morgan fingerprint density at radius 1 is 1.29 bits per heavy atom. The van der Waals surface area contributed by atoms with Crippen molar-refractivity contribution in [1.29, 1.82) is 0 Å². The molecule has 0 saturated carbocycles. The predicted octanol–water partition coefficient (Wildman–Crippen LogP) is 1.60. The minimum Gasteiger partial charge on any atom is -0.383 e. The van der Waals surface area contributed by atoms with E-state index in [9.17, 15) is 0 Å². The first kappa shape index (κ1) is 16.1. The molecular formula is C19H23N3OS. The van der Waals surface area contributed by atoms with Crippen LogP contribution in [0, 0.1) is 5.41 Å². The Bertz CT molecular complexity index is 824. The van der Waals surface area contributed by atoms with Crippen LogP contribution in [0.4, 0.5) is 0 Å². The van der Waals surface area contributed by atoms with E-state index in [1.807, 2.05) is 12.4 Å². The summed E-state index contributed by atoms with van der Waals surface area (Å²) in [5.74, 6) is 2.46. The number of benzene rings is 1. The number of nitrogens with zero attached hydrogens (tertiary/aromatic N) is 3. The highest BCUT2D eigenvalue weighted by Gasteiger charge is 2.35. The van der Waals surface area contributed by atoms with Crippen molar-refractivity contribution in [1.82, 2.24) is 4.90 Å². The molecule has 0 spiro atoms. The van der Waals surface area contributed by atoms with Crippen LogP contribution in [-0.4, -0.2) is 49.4 Å². The molecule has 0 bridgehead atoms. The molecule has 24 heavy (non-hydrogen) atoms. The van der Waals surface area contributed by atoms with Crippen LogP contribution in [0.2, 0.25) is 0 Å². The zero-order chi connectivity index (χ0) is 16.6. The van der Waals surface area contributed by atoms with Crippen LogP contribution in [0.3, 0.4) is 0 Å². The van der Waals surface area contributed by atoms with Gasteiger partial charge in [-0.05, 0) is 18.6 Å². The van der Waals surface area contributed by atoms with E-state index >= 15 is 0 Å². The van der Waals surface area contributed by atoms with Gasteiger partial charge < -0.3 is 4.74 Å². The highest BCUT2D eigenvalue weighted by molar-refractivity contribution is 7.99. The van der Waals surface area contributed by atoms with E-state index in [1.165, 1.54) is 41.0 Å². The molecule has 1 aromatic rings. The van der Waals surface area contributed by atoms with Gasteiger partial charge in [-0.15, -0.1) is 0 Å². The fourth-order valence-electron chi connectivity index (χ4n) is 3.83. The Morgan fingerprint density at radius 3 is 2.92 bits per heavy atom. The maximum Gasteiger partial charge on any atom is 0.0868 e. The van der Waals surface area contributed by atoms with Crippen molar-refractivity contribution in [2.45, 2.75) is 13.5 Å². The van der Waals surface area contributed by atoms with E-state index < -0.39 is 0 Å². The van der Waals surface area contributed by atoms with Crippen LogP contribution in [-0.2, 0) is 11.3 Å². The monoisotopic (exact) mass is 341 g/mol. The second-order valence-corrected chi connectivity index (χ2v) is 8.05. The van der Waals surface area contributed by atoms with Crippen molar-refractivity contribution in [3.05, 3.63) is 46.2 Å². The van der Waals surface area contributed by atoms with Gasteiger partial charge in [-0.1, -0.05) is 12.1 Å². The average molecular weight is 341 g/mol. The van der Waals surface area contributed by atoms with Crippen molar-refractivity contribution in [3.8, 4) is 0 Å². The Kier molecular flexibility index (Phi) is 4.33. The summed E-state index contributed by atoms with van der Waals surface area (Å²) in [6.45, 7) is 6.14. The zero-order valence-corrected chi connectivity index (χ0v) is 15.1. The SMILES string of the molecule is COCC1(C)C=NC=C2N=c3cccc(CN4CCSCC4)c3=C21. The minimum atomic E-state index is -0.221. The van der Waals surface area contributed by atoms with Crippen molar-refractivity contribution in [2.75, 3.05) is 38.3 Å². The number of methoxy groups -OCH3 is 1. The molecule has 4 nitrogen and oxygen atoms in total. The second-order valence-electron chi connectivity index (χ2n) is 6.83. The van der Waals surface area contributed by atoms with Crippen molar-refractivity contribution < 1.29 is 4.74 Å². The van der Waals surface area contributed by atoms with Crippen molar-refractivity contribution in [2.24, 2.45) is 15.4 Å². The normalized spacial score (nSPS) is 25.9. The first-order valence-corrected chi connectivity index (χ1v) is 9.62. The number of ether oxygens (including phenoxy) is 1. The predicted molar refractivity (Wildman–Crippen MR) is 99.8 cm³/mol. The molecule has 0 aliphatic carbocycles. The largest absolute Gasteiger partial charge is 0.383 e. The number of allylic oxidation sites excluding steroid dienone is 1. The standard InChI is InChI=1S/C19H23N3OS/c1-19(13-23-2)12-20-10-16-18(19)17-14(4-3-5-15(17)21-16)11-22-6-8-24-9-7-22/h3-5,10,12H,6-9,11,13H2,1-2H3. The summed E-state index contributed by atoms with van der Waals surface area (Å²) in [5, 5.41) is 2.38. The maximum absolute atomic E-state index is 5.50. The molecule has 1 unspecified atom stereocenters. The molecule has 5 heteroatoms. The molecule has 1 saturated heterocycles. The van der Waals surface area contributed by atoms with Crippen LogP contribution in [0.15, 0.2) is 40.1 Å². The van der Waals surface area contributed by atoms with E-state index in [0.29, 0.717) is 6.61 Å². The Balaban J connectivity index is 1.84. The summed E-state index contributed by atoms with van der Waals surface area (Å²) in [5.41, 5.74) is 3.42. The fourth-order valence-corrected chi connectivity index (χ4v) is 4.81.